The fourth-order valence-electron chi connectivity index (χ4n) is 4.11. The van der Waals surface area contributed by atoms with Gasteiger partial charge < -0.3 is 15.4 Å². The summed E-state index contributed by atoms with van der Waals surface area (Å²) in [7, 11) is -3.54. The molecule has 1 heterocycles. The molecule has 1 aliphatic heterocycles. The number of benzene rings is 2. The number of carbonyl (C=O) groups excluding carboxylic acids is 1. The second-order valence-electron chi connectivity index (χ2n) is 8.05. The minimum absolute atomic E-state index is 0.169. The van der Waals surface area contributed by atoms with Crippen molar-refractivity contribution >= 4 is 27.3 Å². The molecule has 1 atom stereocenters. The molecule has 1 aliphatic carbocycles. The van der Waals surface area contributed by atoms with Gasteiger partial charge in [0.2, 0.25) is 15.9 Å². The third-order valence-corrected chi connectivity index (χ3v) is 7.80. The fourth-order valence-corrected chi connectivity index (χ4v) is 5.52. The van der Waals surface area contributed by atoms with Crippen LogP contribution in [0.1, 0.15) is 30.9 Å². The van der Waals surface area contributed by atoms with Crippen molar-refractivity contribution in [1.29, 1.82) is 0 Å². The van der Waals surface area contributed by atoms with Gasteiger partial charge in [-0.15, -0.1) is 0 Å². The highest BCUT2D eigenvalue weighted by Gasteiger charge is 2.26. The van der Waals surface area contributed by atoms with Crippen LogP contribution in [0.3, 0.4) is 0 Å². The van der Waals surface area contributed by atoms with Crippen LogP contribution >= 0.6 is 0 Å². The highest BCUT2D eigenvalue weighted by molar-refractivity contribution is 7.89. The van der Waals surface area contributed by atoms with Crippen LogP contribution in [-0.4, -0.2) is 51.0 Å². The van der Waals surface area contributed by atoms with Gasteiger partial charge in [-0.05, 0) is 74.1 Å². The van der Waals surface area contributed by atoms with Crippen molar-refractivity contribution in [2.24, 2.45) is 0 Å². The van der Waals surface area contributed by atoms with Crippen molar-refractivity contribution in [2.45, 2.75) is 43.5 Å². The number of nitrogens with zero attached hydrogens (tertiary/aromatic N) is 1. The smallest absolute Gasteiger partial charge is 0.246 e. The maximum Gasteiger partial charge on any atom is 0.246 e. The van der Waals surface area contributed by atoms with E-state index < -0.39 is 16.1 Å². The summed E-state index contributed by atoms with van der Waals surface area (Å²) in [6, 6.07) is 12.1. The van der Waals surface area contributed by atoms with Gasteiger partial charge in [-0.25, -0.2) is 8.42 Å². The Morgan fingerprint density at radius 3 is 2.48 bits per heavy atom. The monoisotopic (exact) mass is 443 g/mol. The molecule has 1 saturated heterocycles. The van der Waals surface area contributed by atoms with E-state index in [9.17, 15) is 13.2 Å². The molecular weight excluding hydrogens is 414 g/mol. The topological polar surface area (TPSA) is 87.7 Å². The van der Waals surface area contributed by atoms with E-state index in [1.807, 2.05) is 19.1 Å². The number of amides is 1. The number of nitrogens with one attached hydrogen (secondary N) is 2. The Balaban J connectivity index is 1.39. The third kappa shape index (κ3) is 4.92. The summed E-state index contributed by atoms with van der Waals surface area (Å²) >= 11 is 0. The molecule has 0 saturated carbocycles. The predicted octanol–water partition coefficient (Wildman–Crippen LogP) is 3.03. The van der Waals surface area contributed by atoms with Gasteiger partial charge in [-0.2, -0.15) is 4.31 Å². The Kier molecular flexibility index (Phi) is 6.60. The molecule has 7 nitrogen and oxygen atoms in total. The van der Waals surface area contributed by atoms with Crippen LogP contribution in [0.5, 0.6) is 0 Å². The number of aryl methyl sites for hydroxylation is 1. The fraction of sp³-hybridized carbons (Fsp3) is 0.435. The maximum absolute atomic E-state index is 12.7. The molecule has 2 aromatic rings. The van der Waals surface area contributed by atoms with Gasteiger partial charge in [0.05, 0.1) is 18.1 Å². The first kappa shape index (κ1) is 21.8. The van der Waals surface area contributed by atoms with Crippen molar-refractivity contribution in [1.82, 2.24) is 4.31 Å². The van der Waals surface area contributed by atoms with Gasteiger partial charge in [0.25, 0.3) is 0 Å². The zero-order chi connectivity index (χ0) is 21.8. The summed E-state index contributed by atoms with van der Waals surface area (Å²) in [4.78, 5) is 12.9. The van der Waals surface area contributed by atoms with Crippen molar-refractivity contribution in [2.75, 3.05) is 36.9 Å². The number of anilines is 2. The van der Waals surface area contributed by atoms with E-state index in [4.69, 9.17) is 4.74 Å². The third-order valence-electron chi connectivity index (χ3n) is 5.89. The second kappa shape index (κ2) is 9.38. The molecule has 2 N–H and O–H groups in total. The van der Waals surface area contributed by atoms with Gasteiger partial charge in [-0.3, -0.25) is 4.79 Å². The average Bonchev–Trinajstić information content (AvgIpc) is 2.80. The van der Waals surface area contributed by atoms with Crippen LogP contribution < -0.4 is 10.6 Å². The van der Waals surface area contributed by atoms with E-state index in [2.05, 4.69) is 16.7 Å². The Hall–Kier alpha value is -2.42. The van der Waals surface area contributed by atoms with Gasteiger partial charge in [0, 0.05) is 24.5 Å². The molecule has 0 radical (unpaired) electrons. The number of carbonyl (C=O) groups is 1. The van der Waals surface area contributed by atoms with E-state index in [1.54, 1.807) is 12.1 Å². The Bertz CT molecular complexity index is 1030. The van der Waals surface area contributed by atoms with Crippen molar-refractivity contribution in [3.05, 3.63) is 53.6 Å². The van der Waals surface area contributed by atoms with Crippen LogP contribution in [0.25, 0.3) is 0 Å². The van der Waals surface area contributed by atoms with Crippen LogP contribution in [0.15, 0.2) is 47.4 Å². The van der Waals surface area contributed by atoms with E-state index in [0.29, 0.717) is 32.0 Å². The molecule has 0 spiro atoms. The minimum Gasteiger partial charge on any atom is -0.379 e. The molecule has 0 bridgehead atoms. The molecule has 166 valence electrons. The summed E-state index contributed by atoms with van der Waals surface area (Å²) < 4.78 is 32.1. The standard InChI is InChI=1S/C23H29N3O4S/c1-17(24-22-8-4-6-18-5-2-3-7-21(18)22)23(27)25-19-9-11-20(12-10-19)31(28,29)26-13-15-30-16-14-26/h4,6,8-12,17,24H,2-3,5,7,13-16H2,1H3,(H,25,27). The van der Waals surface area contributed by atoms with Crippen LogP contribution in [0.4, 0.5) is 11.4 Å². The summed E-state index contributed by atoms with van der Waals surface area (Å²) in [6.07, 6.45) is 4.51. The first-order valence-corrected chi connectivity index (χ1v) is 12.3. The molecule has 1 amide bonds. The largest absolute Gasteiger partial charge is 0.379 e. The SMILES string of the molecule is CC(Nc1cccc2c1CCCC2)C(=O)Nc1ccc(S(=O)(=O)N2CCOCC2)cc1. The molecule has 1 fully saturated rings. The summed E-state index contributed by atoms with van der Waals surface area (Å²) in [5, 5.41) is 6.21. The normalized spacial score (nSPS) is 18.1. The summed E-state index contributed by atoms with van der Waals surface area (Å²) in [5.41, 5.74) is 4.26. The number of ether oxygens (including phenoxy) is 1. The lowest BCUT2D eigenvalue weighted by atomic mass is 9.90. The van der Waals surface area contributed by atoms with Crippen LogP contribution in [-0.2, 0) is 32.4 Å². The van der Waals surface area contributed by atoms with Crippen LogP contribution in [0, 0.1) is 0 Å². The summed E-state index contributed by atoms with van der Waals surface area (Å²) in [6.45, 7) is 3.35. The van der Waals surface area contributed by atoms with Gasteiger partial charge in [-0.1, -0.05) is 12.1 Å². The lowest BCUT2D eigenvalue weighted by Crippen LogP contribution is -2.40. The molecule has 2 aliphatic rings. The molecule has 31 heavy (non-hydrogen) atoms. The zero-order valence-corrected chi connectivity index (χ0v) is 18.6. The Morgan fingerprint density at radius 1 is 1.03 bits per heavy atom. The number of sulfonamides is 1. The first-order chi connectivity index (χ1) is 14.9. The highest BCUT2D eigenvalue weighted by Crippen LogP contribution is 2.28. The van der Waals surface area contributed by atoms with Crippen molar-refractivity contribution in [3.8, 4) is 0 Å². The summed E-state index contributed by atoms with van der Waals surface area (Å²) in [5.74, 6) is -0.169. The number of morpholine rings is 1. The molecular formula is C23H29N3O4S. The lowest BCUT2D eigenvalue weighted by Gasteiger charge is -2.26. The molecule has 4 rings (SSSR count). The van der Waals surface area contributed by atoms with E-state index >= 15 is 0 Å². The maximum atomic E-state index is 12.7. The molecule has 1 unspecified atom stereocenters. The zero-order valence-electron chi connectivity index (χ0n) is 17.8. The van der Waals surface area contributed by atoms with Gasteiger partial charge >= 0.3 is 0 Å². The predicted molar refractivity (Wildman–Crippen MR) is 121 cm³/mol. The number of hydrogen-bond donors (Lipinski definition) is 2. The van der Waals surface area contributed by atoms with E-state index in [-0.39, 0.29) is 10.8 Å². The molecule has 0 aromatic heterocycles. The molecule has 2 aromatic carbocycles. The van der Waals surface area contributed by atoms with E-state index in [1.165, 1.54) is 40.4 Å². The van der Waals surface area contributed by atoms with Crippen LogP contribution in [0.2, 0.25) is 0 Å². The number of fused-ring (bicyclic) bond motifs is 1. The highest BCUT2D eigenvalue weighted by atomic mass is 32.2. The van der Waals surface area contributed by atoms with Gasteiger partial charge in [0.1, 0.15) is 6.04 Å². The number of rotatable bonds is 6. The van der Waals surface area contributed by atoms with Crippen molar-refractivity contribution < 1.29 is 17.9 Å². The lowest BCUT2D eigenvalue weighted by molar-refractivity contribution is -0.116. The van der Waals surface area contributed by atoms with E-state index in [0.717, 1.165) is 18.5 Å². The van der Waals surface area contributed by atoms with Gasteiger partial charge in [0.15, 0.2) is 0 Å². The Morgan fingerprint density at radius 2 is 1.74 bits per heavy atom. The molecule has 8 heteroatoms. The average molecular weight is 444 g/mol. The second-order valence-corrected chi connectivity index (χ2v) is 9.98. The minimum atomic E-state index is -3.54. The first-order valence-electron chi connectivity index (χ1n) is 10.8. The quantitative estimate of drug-likeness (QED) is 0.717. The Labute approximate surface area is 183 Å². The van der Waals surface area contributed by atoms with Crippen molar-refractivity contribution in [3.63, 3.8) is 0 Å². The number of hydrogen-bond acceptors (Lipinski definition) is 5.